The van der Waals surface area contributed by atoms with Gasteiger partial charge in [0, 0.05) is 12.6 Å². The Morgan fingerprint density at radius 3 is 2.79 bits per heavy atom. The van der Waals surface area contributed by atoms with Crippen molar-refractivity contribution in [3.8, 4) is 17.2 Å². The Hall–Kier alpha value is -3.73. The number of hydrogen-bond donors (Lipinski definition) is 2. The van der Waals surface area contributed by atoms with Gasteiger partial charge >= 0.3 is 0 Å². The zero-order valence-corrected chi connectivity index (χ0v) is 19.2. The zero-order chi connectivity index (χ0) is 23.4. The highest BCUT2D eigenvalue weighted by molar-refractivity contribution is 7.99. The third-order valence-corrected chi connectivity index (χ3v) is 5.95. The lowest BCUT2D eigenvalue weighted by atomic mass is 10.2. The van der Waals surface area contributed by atoms with E-state index >= 15 is 0 Å². The van der Waals surface area contributed by atoms with Crippen molar-refractivity contribution in [1.29, 1.82) is 0 Å². The molecule has 2 N–H and O–H groups in total. The Bertz CT molecular complexity index is 1200. The molecule has 11 heteroatoms. The minimum atomic E-state index is -0.267. The fourth-order valence-electron chi connectivity index (χ4n) is 3.16. The maximum Gasteiger partial charge on any atom is 0.251 e. The van der Waals surface area contributed by atoms with E-state index in [1.54, 1.807) is 36.9 Å². The molecule has 1 aliphatic rings. The van der Waals surface area contributed by atoms with Crippen LogP contribution in [-0.2, 0) is 18.4 Å². The van der Waals surface area contributed by atoms with Crippen LogP contribution in [0.5, 0.6) is 17.2 Å². The summed E-state index contributed by atoms with van der Waals surface area (Å²) in [5, 5.41) is 14.5. The molecule has 3 aromatic rings. The molecule has 2 amide bonds. The first-order valence-corrected chi connectivity index (χ1v) is 11.1. The van der Waals surface area contributed by atoms with Gasteiger partial charge in [-0.3, -0.25) is 9.59 Å². The van der Waals surface area contributed by atoms with Crippen molar-refractivity contribution < 1.29 is 23.8 Å². The van der Waals surface area contributed by atoms with Gasteiger partial charge in [0.2, 0.25) is 12.7 Å². The minimum Gasteiger partial charge on any atom is -0.495 e. The van der Waals surface area contributed by atoms with Crippen LogP contribution >= 0.6 is 11.8 Å². The average molecular weight is 470 g/mol. The molecule has 1 aromatic heterocycles. The van der Waals surface area contributed by atoms with Crippen molar-refractivity contribution in [2.45, 2.75) is 18.6 Å². The summed E-state index contributed by atoms with van der Waals surface area (Å²) in [5.74, 6) is 2.01. The van der Waals surface area contributed by atoms with Crippen LogP contribution in [0.4, 0.5) is 5.69 Å². The molecule has 4 rings (SSSR count). The molecule has 0 fully saturated rings. The summed E-state index contributed by atoms with van der Waals surface area (Å²) in [5.41, 5.74) is 2.09. The van der Waals surface area contributed by atoms with E-state index in [0.717, 1.165) is 5.56 Å². The third kappa shape index (κ3) is 5.20. The Balaban J connectivity index is 1.31. The monoisotopic (exact) mass is 469 g/mol. The highest BCUT2D eigenvalue weighted by Gasteiger charge is 2.17. The summed E-state index contributed by atoms with van der Waals surface area (Å²) in [4.78, 5) is 24.9. The maximum atomic E-state index is 12.5. The fraction of sp³-hybridized carbons (Fsp3) is 0.273. The van der Waals surface area contributed by atoms with Gasteiger partial charge in [-0.15, -0.1) is 10.2 Å². The number of benzene rings is 2. The molecule has 1 aliphatic heterocycles. The van der Waals surface area contributed by atoms with Gasteiger partial charge in [0.15, 0.2) is 22.5 Å². The number of thioether (sulfide) groups is 1. The molecule has 0 radical (unpaired) electrons. The second-order valence-electron chi connectivity index (χ2n) is 7.25. The minimum absolute atomic E-state index is 0.145. The second kappa shape index (κ2) is 9.82. The van der Waals surface area contributed by atoms with E-state index in [0.29, 0.717) is 39.5 Å². The molecule has 33 heavy (non-hydrogen) atoms. The van der Waals surface area contributed by atoms with E-state index in [1.807, 2.05) is 25.1 Å². The van der Waals surface area contributed by atoms with E-state index in [-0.39, 0.29) is 30.9 Å². The molecular weight excluding hydrogens is 446 g/mol. The van der Waals surface area contributed by atoms with Crippen LogP contribution in [0, 0.1) is 6.92 Å². The summed E-state index contributed by atoms with van der Waals surface area (Å²) in [6.45, 7) is 2.27. The van der Waals surface area contributed by atoms with Gasteiger partial charge in [-0.1, -0.05) is 17.8 Å². The molecule has 172 valence electrons. The molecule has 0 aliphatic carbocycles. The number of rotatable bonds is 8. The van der Waals surface area contributed by atoms with Gasteiger partial charge in [0.1, 0.15) is 5.75 Å². The van der Waals surface area contributed by atoms with E-state index in [2.05, 4.69) is 20.8 Å². The van der Waals surface area contributed by atoms with Crippen LogP contribution in [0.2, 0.25) is 0 Å². The van der Waals surface area contributed by atoms with Crippen LogP contribution < -0.4 is 24.8 Å². The number of ether oxygens (including phenoxy) is 3. The van der Waals surface area contributed by atoms with Gasteiger partial charge < -0.3 is 29.4 Å². The number of hydrogen-bond acceptors (Lipinski definition) is 8. The lowest BCUT2D eigenvalue weighted by molar-refractivity contribution is -0.113. The summed E-state index contributed by atoms with van der Waals surface area (Å²) in [6.07, 6.45) is 0. The fourth-order valence-corrected chi connectivity index (χ4v) is 3.89. The smallest absolute Gasteiger partial charge is 0.251 e. The predicted octanol–water partition coefficient (Wildman–Crippen LogP) is 2.52. The van der Waals surface area contributed by atoms with E-state index in [4.69, 9.17) is 14.2 Å². The SMILES string of the molecule is COc1ccc(C)cc1NC(=O)CSc1nnc(CNC(=O)c2ccc3c(c2)OCO3)n1C. The van der Waals surface area contributed by atoms with Crippen molar-refractivity contribution in [3.05, 3.63) is 53.3 Å². The summed E-state index contributed by atoms with van der Waals surface area (Å²) >= 11 is 1.25. The molecule has 0 unspecified atom stereocenters. The van der Waals surface area contributed by atoms with E-state index < -0.39 is 0 Å². The first kappa shape index (κ1) is 22.5. The van der Waals surface area contributed by atoms with Crippen LogP contribution in [0.25, 0.3) is 0 Å². The third-order valence-electron chi connectivity index (χ3n) is 4.93. The number of fused-ring (bicyclic) bond motifs is 1. The summed E-state index contributed by atoms with van der Waals surface area (Å²) in [6, 6.07) is 10.6. The predicted molar refractivity (Wildman–Crippen MR) is 122 cm³/mol. The van der Waals surface area contributed by atoms with Gasteiger partial charge in [0.25, 0.3) is 5.91 Å². The maximum absolute atomic E-state index is 12.5. The van der Waals surface area contributed by atoms with Crippen molar-refractivity contribution in [3.63, 3.8) is 0 Å². The quantitative estimate of drug-likeness (QED) is 0.484. The largest absolute Gasteiger partial charge is 0.495 e. The number of aromatic nitrogens is 3. The normalized spacial score (nSPS) is 11.8. The molecule has 0 atom stereocenters. The first-order chi connectivity index (χ1) is 15.9. The number of anilines is 1. The van der Waals surface area contributed by atoms with Crippen LogP contribution in [0.15, 0.2) is 41.6 Å². The molecule has 2 aromatic carbocycles. The summed E-state index contributed by atoms with van der Waals surface area (Å²) < 4.78 is 17.6. The molecular formula is C22H23N5O5S. The first-order valence-electron chi connectivity index (χ1n) is 10.1. The van der Waals surface area contributed by atoms with Crippen LogP contribution in [0.3, 0.4) is 0 Å². The van der Waals surface area contributed by atoms with Crippen molar-refractivity contribution in [2.24, 2.45) is 7.05 Å². The molecule has 2 heterocycles. The highest BCUT2D eigenvalue weighted by atomic mass is 32.2. The lowest BCUT2D eigenvalue weighted by Gasteiger charge is -2.11. The van der Waals surface area contributed by atoms with Gasteiger partial charge in [0.05, 0.1) is 25.1 Å². The average Bonchev–Trinajstić information content (AvgIpc) is 3.42. The number of aryl methyl sites for hydroxylation is 1. The Morgan fingerprint density at radius 2 is 1.97 bits per heavy atom. The van der Waals surface area contributed by atoms with Crippen LogP contribution in [0.1, 0.15) is 21.7 Å². The van der Waals surface area contributed by atoms with Crippen molar-refractivity contribution in [2.75, 3.05) is 25.0 Å². The van der Waals surface area contributed by atoms with Gasteiger partial charge in [-0.05, 0) is 42.8 Å². The number of carbonyl (C=O) groups is 2. The number of nitrogens with one attached hydrogen (secondary N) is 2. The van der Waals surface area contributed by atoms with E-state index in [1.165, 1.54) is 11.8 Å². The number of methoxy groups -OCH3 is 1. The van der Waals surface area contributed by atoms with E-state index in [9.17, 15) is 9.59 Å². The van der Waals surface area contributed by atoms with Crippen LogP contribution in [-0.4, -0.2) is 46.2 Å². The Kier molecular flexibility index (Phi) is 6.68. The number of carbonyl (C=O) groups excluding carboxylic acids is 2. The Labute approximate surface area is 194 Å². The summed E-state index contributed by atoms with van der Waals surface area (Å²) in [7, 11) is 3.34. The lowest BCUT2D eigenvalue weighted by Crippen LogP contribution is -2.24. The van der Waals surface area contributed by atoms with Gasteiger partial charge in [-0.25, -0.2) is 0 Å². The zero-order valence-electron chi connectivity index (χ0n) is 18.4. The second-order valence-corrected chi connectivity index (χ2v) is 8.19. The molecule has 0 bridgehead atoms. The highest BCUT2D eigenvalue weighted by Crippen LogP contribution is 2.32. The Morgan fingerprint density at radius 1 is 1.15 bits per heavy atom. The number of nitrogens with zero attached hydrogens (tertiary/aromatic N) is 3. The van der Waals surface area contributed by atoms with Crippen molar-refractivity contribution >= 4 is 29.3 Å². The molecule has 0 saturated carbocycles. The number of amides is 2. The molecule has 0 spiro atoms. The standard InChI is InChI=1S/C22H23N5O5S/c1-13-4-6-16(30-3)15(8-13)24-20(28)11-33-22-26-25-19(27(22)2)10-23-21(29)14-5-7-17-18(9-14)32-12-31-17/h4-9H,10-12H2,1-3H3,(H,23,29)(H,24,28). The molecule has 0 saturated heterocycles. The molecule has 10 nitrogen and oxygen atoms in total. The topological polar surface area (TPSA) is 117 Å². The van der Waals surface area contributed by atoms with Gasteiger partial charge in [-0.2, -0.15) is 0 Å². The van der Waals surface area contributed by atoms with Crippen molar-refractivity contribution in [1.82, 2.24) is 20.1 Å².